The molecule has 4 aromatic rings. The van der Waals surface area contributed by atoms with Gasteiger partial charge in [-0.15, -0.1) is 0 Å². The standard InChI is InChI=1S/C39H44N2O9S/c1-40-14-12-24-18-31(44-3)34-21-28(24)29(40)16-23-8-10-27(11-9-23)49-33-20-26(36(22-32(33)45-4)51(42,43)48-7)17-30-37-25(13-15-41(30)2)19-35(46-5)38(47-6)39(37)50-34/h8-11,18-22,29-30H,12-17H2,1-7H3/t29-,30-/m0/s1. The molecule has 0 saturated carbocycles. The van der Waals surface area contributed by atoms with Gasteiger partial charge in [0, 0.05) is 36.8 Å². The van der Waals surface area contributed by atoms with Crippen molar-refractivity contribution in [2.75, 3.05) is 62.7 Å². The van der Waals surface area contributed by atoms with E-state index in [9.17, 15) is 8.42 Å². The average Bonchev–Trinajstić information content (AvgIpc) is 3.13. The van der Waals surface area contributed by atoms with E-state index in [1.54, 1.807) is 27.4 Å². The molecule has 2 atom stereocenters. The topological polar surface area (TPSA) is 105 Å². The highest BCUT2D eigenvalue weighted by Crippen LogP contribution is 2.52. The second kappa shape index (κ2) is 13.9. The summed E-state index contributed by atoms with van der Waals surface area (Å²) in [6, 6.07) is 17.1. The van der Waals surface area contributed by atoms with E-state index >= 15 is 0 Å². The van der Waals surface area contributed by atoms with Crippen LogP contribution in [0, 0.1) is 0 Å². The van der Waals surface area contributed by atoms with Gasteiger partial charge in [-0.25, -0.2) is 0 Å². The lowest BCUT2D eigenvalue weighted by Gasteiger charge is -2.37. The van der Waals surface area contributed by atoms with Crippen LogP contribution in [0.25, 0.3) is 0 Å². The molecule has 4 heterocycles. The van der Waals surface area contributed by atoms with E-state index in [1.807, 2.05) is 25.2 Å². The fourth-order valence-corrected chi connectivity index (χ4v) is 8.53. The van der Waals surface area contributed by atoms with Crippen molar-refractivity contribution in [3.05, 3.63) is 88.0 Å². The van der Waals surface area contributed by atoms with Gasteiger partial charge in [0.25, 0.3) is 10.1 Å². The molecule has 51 heavy (non-hydrogen) atoms. The number of fused-ring (bicyclic) bond motifs is 2. The summed E-state index contributed by atoms with van der Waals surface area (Å²) in [7, 11) is 7.51. The lowest BCUT2D eigenvalue weighted by Crippen LogP contribution is -2.34. The van der Waals surface area contributed by atoms with Crippen molar-refractivity contribution in [3.8, 4) is 46.0 Å². The number of rotatable bonds is 6. The van der Waals surface area contributed by atoms with Crippen molar-refractivity contribution >= 4 is 10.1 Å². The number of ether oxygens (including phenoxy) is 6. The fourth-order valence-electron chi connectivity index (χ4n) is 7.64. The van der Waals surface area contributed by atoms with Crippen LogP contribution in [0.1, 0.15) is 45.5 Å². The highest BCUT2D eigenvalue weighted by atomic mass is 32.2. The number of hydrogen-bond acceptors (Lipinski definition) is 11. The Morgan fingerprint density at radius 3 is 1.96 bits per heavy atom. The number of benzene rings is 4. The molecule has 0 N–H and O–H groups in total. The van der Waals surface area contributed by atoms with Gasteiger partial charge in [0.05, 0.1) is 35.5 Å². The van der Waals surface area contributed by atoms with Crippen LogP contribution in [0.15, 0.2) is 59.5 Å². The number of hydrogen-bond donors (Lipinski definition) is 0. The van der Waals surface area contributed by atoms with Crippen LogP contribution in [-0.4, -0.2) is 81.0 Å². The van der Waals surface area contributed by atoms with Crippen molar-refractivity contribution in [1.82, 2.24) is 9.80 Å². The molecule has 0 radical (unpaired) electrons. The monoisotopic (exact) mass is 716 g/mol. The normalized spacial score (nSPS) is 18.8. The van der Waals surface area contributed by atoms with Crippen molar-refractivity contribution in [3.63, 3.8) is 0 Å². The first-order chi connectivity index (χ1) is 24.6. The van der Waals surface area contributed by atoms with Crippen LogP contribution in [-0.2, 0) is 40.0 Å². The highest BCUT2D eigenvalue weighted by Gasteiger charge is 2.36. The Balaban J connectivity index is 1.52. The third-order valence-electron chi connectivity index (χ3n) is 10.4. The van der Waals surface area contributed by atoms with Crippen molar-refractivity contribution in [2.45, 2.75) is 42.7 Å². The molecule has 0 spiro atoms. The molecule has 0 aromatic heterocycles. The Labute approximate surface area is 299 Å². The number of likely N-dealkylation sites (N-methyl/N-ethyl adjacent to an activating group) is 2. The summed E-state index contributed by atoms with van der Waals surface area (Å²) in [6.07, 6.45) is 2.61. The van der Waals surface area contributed by atoms with Gasteiger partial charge in [-0.2, -0.15) is 8.42 Å². The van der Waals surface area contributed by atoms with Crippen LogP contribution >= 0.6 is 0 Å². The second-order valence-corrected chi connectivity index (χ2v) is 14.9. The largest absolute Gasteiger partial charge is 0.493 e. The van der Waals surface area contributed by atoms with Gasteiger partial charge < -0.3 is 28.4 Å². The van der Waals surface area contributed by atoms with E-state index in [2.05, 4.69) is 41.1 Å². The summed E-state index contributed by atoms with van der Waals surface area (Å²) in [4.78, 5) is 4.57. The van der Waals surface area contributed by atoms with Gasteiger partial charge >= 0.3 is 0 Å². The van der Waals surface area contributed by atoms with Crippen molar-refractivity contribution < 1.29 is 41.0 Å². The molecule has 0 fully saturated rings. The minimum absolute atomic E-state index is 0.00561. The van der Waals surface area contributed by atoms with Crippen LogP contribution in [0.3, 0.4) is 0 Å². The van der Waals surface area contributed by atoms with E-state index in [4.69, 9.17) is 32.6 Å². The molecule has 0 saturated heterocycles. The molecule has 6 bridgehead atoms. The van der Waals surface area contributed by atoms with Gasteiger partial charge in [-0.3, -0.25) is 14.0 Å². The van der Waals surface area contributed by atoms with Gasteiger partial charge in [0.15, 0.2) is 34.5 Å². The minimum atomic E-state index is -4.15. The van der Waals surface area contributed by atoms with E-state index < -0.39 is 10.1 Å². The SMILES string of the molecule is COc1cc(S(=O)(=O)OC)c2cc1Oc1ccc(cc1)C[C@H]1c3cc(c(OC)cc3CCN1C)Oc1c(OC)c(OC)cc3c1[C@H](C2)N(C)CC3. The summed E-state index contributed by atoms with van der Waals surface area (Å²) >= 11 is 0. The van der Waals surface area contributed by atoms with E-state index in [0.717, 1.165) is 43.2 Å². The summed E-state index contributed by atoms with van der Waals surface area (Å²) in [5, 5.41) is 0. The van der Waals surface area contributed by atoms with Crippen molar-refractivity contribution in [2.24, 2.45) is 0 Å². The molecule has 0 aliphatic carbocycles. The number of nitrogens with zero attached hydrogens (tertiary/aromatic N) is 2. The number of methoxy groups -OCH3 is 4. The first-order valence-corrected chi connectivity index (χ1v) is 18.3. The molecule has 11 nitrogen and oxygen atoms in total. The quantitative estimate of drug-likeness (QED) is 0.204. The van der Waals surface area contributed by atoms with Crippen LogP contribution in [0.5, 0.6) is 46.0 Å². The van der Waals surface area contributed by atoms with Crippen LogP contribution in [0.2, 0.25) is 0 Å². The lowest BCUT2D eigenvalue weighted by molar-refractivity contribution is 0.219. The first-order valence-electron chi connectivity index (χ1n) is 16.9. The maximum atomic E-state index is 13.5. The summed E-state index contributed by atoms with van der Waals surface area (Å²) < 4.78 is 68.9. The van der Waals surface area contributed by atoms with Gasteiger partial charge in [0.1, 0.15) is 10.6 Å². The van der Waals surface area contributed by atoms with Crippen LogP contribution in [0.4, 0.5) is 0 Å². The zero-order valence-electron chi connectivity index (χ0n) is 30.1. The molecular weight excluding hydrogens is 673 g/mol. The van der Waals surface area contributed by atoms with Gasteiger partial charge in [-0.1, -0.05) is 12.1 Å². The zero-order chi connectivity index (χ0) is 36.0. The molecule has 0 unspecified atom stereocenters. The summed E-state index contributed by atoms with van der Waals surface area (Å²) in [6.45, 7) is 1.62. The second-order valence-electron chi connectivity index (χ2n) is 13.2. The lowest BCUT2D eigenvalue weighted by atomic mass is 9.87. The summed E-state index contributed by atoms with van der Waals surface area (Å²) in [5.41, 5.74) is 5.88. The summed E-state index contributed by atoms with van der Waals surface area (Å²) in [5.74, 6) is 3.87. The predicted octanol–water partition coefficient (Wildman–Crippen LogP) is 6.50. The predicted molar refractivity (Wildman–Crippen MR) is 192 cm³/mol. The molecule has 4 aliphatic rings. The van der Waals surface area contributed by atoms with Crippen LogP contribution < -0.4 is 28.4 Å². The van der Waals surface area contributed by atoms with Gasteiger partial charge in [0.2, 0.25) is 5.75 Å². The van der Waals surface area contributed by atoms with E-state index in [1.165, 1.54) is 24.3 Å². The molecule has 270 valence electrons. The molecule has 4 aromatic carbocycles. The van der Waals surface area contributed by atoms with Gasteiger partial charge in [-0.05, 0) is 104 Å². The average molecular weight is 717 g/mol. The van der Waals surface area contributed by atoms with E-state index in [-0.39, 0.29) is 29.1 Å². The Morgan fingerprint density at radius 1 is 0.667 bits per heavy atom. The minimum Gasteiger partial charge on any atom is -0.493 e. The molecular formula is C39H44N2O9S. The molecule has 4 aliphatic heterocycles. The maximum absolute atomic E-state index is 13.5. The zero-order valence-corrected chi connectivity index (χ0v) is 30.9. The maximum Gasteiger partial charge on any atom is 0.297 e. The third kappa shape index (κ3) is 6.35. The molecule has 8 rings (SSSR count). The van der Waals surface area contributed by atoms with Crippen molar-refractivity contribution in [1.29, 1.82) is 0 Å². The highest BCUT2D eigenvalue weighted by molar-refractivity contribution is 7.86. The van der Waals surface area contributed by atoms with E-state index in [0.29, 0.717) is 58.8 Å². The fraction of sp³-hybridized carbons (Fsp3) is 0.385. The Morgan fingerprint density at radius 2 is 1.29 bits per heavy atom. The molecule has 0 amide bonds. The Kier molecular flexibility index (Phi) is 9.53. The first kappa shape index (κ1) is 34.9. The Hall–Kier alpha value is -4.49. The molecule has 12 heteroatoms. The smallest absolute Gasteiger partial charge is 0.297 e. The Bertz CT molecular complexity index is 2070. The third-order valence-corrected chi connectivity index (χ3v) is 11.8.